The van der Waals surface area contributed by atoms with Gasteiger partial charge < -0.3 is 0 Å². The molecule has 1 heterocycles. The largest absolute Gasteiger partial charge is 0.295 e. The molecule has 0 bridgehead atoms. The molecule has 4 nitrogen and oxygen atoms in total. The lowest BCUT2D eigenvalue weighted by Gasteiger charge is -2.14. The maximum Gasteiger partial charge on any atom is 0.295 e. The fourth-order valence-electron chi connectivity index (χ4n) is 1.46. The van der Waals surface area contributed by atoms with Crippen molar-refractivity contribution in [1.29, 1.82) is 5.26 Å². The Hall–Kier alpha value is -2.02. The Kier molecular flexibility index (Phi) is 2.07. The maximum absolute atomic E-state index is 11.3. The highest BCUT2D eigenvalue weighted by Gasteiger charge is 2.22. The quantitative estimate of drug-likeness (QED) is 0.673. The molecule has 0 radical (unpaired) electrons. The molecular formula is C10H7N3O. The summed E-state index contributed by atoms with van der Waals surface area (Å²) in [4.78, 5) is 11.3. The van der Waals surface area contributed by atoms with E-state index in [1.165, 1.54) is 0 Å². The van der Waals surface area contributed by atoms with E-state index in [-0.39, 0.29) is 18.4 Å². The molecule has 4 heteroatoms. The fourth-order valence-corrected chi connectivity index (χ4v) is 1.46. The van der Waals surface area contributed by atoms with Gasteiger partial charge in [0.15, 0.2) is 0 Å². The van der Waals surface area contributed by atoms with Crippen molar-refractivity contribution in [2.24, 2.45) is 10.2 Å². The van der Waals surface area contributed by atoms with Gasteiger partial charge in [0.05, 0.1) is 12.5 Å². The third-order valence-electron chi connectivity index (χ3n) is 2.12. The Morgan fingerprint density at radius 1 is 1.43 bits per heavy atom. The van der Waals surface area contributed by atoms with Gasteiger partial charge in [-0.15, -0.1) is 5.11 Å². The van der Waals surface area contributed by atoms with E-state index in [9.17, 15) is 4.79 Å². The van der Waals surface area contributed by atoms with Gasteiger partial charge >= 0.3 is 0 Å². The molecule has 0 aliphatic carbocycles. The smallest absolute Gasteiger partial charge is 0.265 e. The maximum atomic E-state index is 11.3. The number of amides is 1. The molecule has 68 valence electrons. The molecule has 1 atom stereocenters. The SMILES string of the molecule is N#CCC1N=NC(=O)c2ccccc21. The number of hydrogen-bond acceptors (Lipinski definition) is 3. The standard InChI is InChI=1S/C10H7N3O/c11-6-5-9-7-3-1-2-4-8(7)10(14)13-12-9/h1-4,9H,5H2. The van der Waals surface area contributed by atoms with Gasteiger partial charge in [-0.1, -0.05) is 18.2 Å². The molecule has 1 aromatic rings. The van der Waals surface area contributed by atoms with Gasteiger partial charge in [0.25, 0.3) is 5.91 Å². The molecule has 1 unspecified atom stereocenters. The number of hydrogen-bond donors (Lipinski definition) is 0. The van der Waals surface area contributed by atoms with Crippen LogP contribution in [0, 0.1) is 11.3 Å². The van der Waals surface area contributed by atoms with E-state index in [1.54, 1.807) is 12.1 Å². The van der Waals surface area contributed by atoms with E-state index in [2.05, 4.69) is 10.2 Å². The molecule has 0 aromatic heterocycles. The van der Waals surface area contributed by atoms with Gasteiger partial charge in [-0.05, 0) is 11.6 Å². The number of nitriles is 1. The molecule has 14 heavy (non-hydrogen) atoms. The van der Waals surface area contributed by atoms with Crippen molar-refractivity contribution in [3.63, 3.8) is 0 Å². The normalized spacial score (nSPS) is 18.8. The first-order valence-corrected chi connectivity index (χ1v) is 4.24. The zero-order chi connectivity index (χ0) is 9.97. The van der Waals surface area contributed by atoms with Gasteiger partial charge in [-0.3, -0.25) is 4.79 Å². The summed E-state index contributed by atoms with van der Waals surface area (Å²) >= 11 is 0. The van der Waals surface area contributed by atoms with Crippen molar-refractivity contribution in [1.82, 2.24) is 0 Å². The van der Waals surface area contributed by atoms with Crippen LogP contribution in [0.5, 0.6) is 0 Å². The van der Waals surface area contributed by atoms with Crippen LogP contribution in [0.2, 0.25) is 0 Å². The predicted molar refractivity (Wildman–Crippen MR) is 48.6 cm³/mol. The average molecular weight is 185 g/mol. The fraction of sp³-hybridized carbons (Fsp3) is 0.200. The lowest BCUT2D eigenvalue weighted by atomic mass is 9.97. The highest BCUT2D eigenvalue weighted by Crippen LogP contribution is 2.29. The first kappa shape index (κ1) is 8.57. The third-order valence-corrected chi connectivity index (χ3v) is 2.12. The molecule has 0 fully saturated rings. The predicted octanol–water partition coefficient (Wildman–Crippen LogP) is 2.25. The van der Waals surface area contributed by atoms with Crippen molar-refractivity contribution in [3.05, 3.63) is 35.4 Å². The minimum Gasteiger partial charge on any atom is -0.265 e. The number of rotatable bonds is 1. The molecule has 2 rings (SSSR count). The highest BCUT2D eigenvalue weighted by atomic mass is 16.1. The van der Waals surface area contributed by atoms with Gasteiger partial charge in [-0.25, -0.2) is 0 Å². The van der Waals surface area contributed by atoms with Crippen LogP contribution in [-0.2, 0) is 0 Å². The van der Waals surface area contributed by atoms with Crippen molar-refractivity contribution in [2.45, 2.75) is 12.5 Å². The van der Waals surface area contributed by atoms with Crippen molar-refractivity contribution in [2.75, 3.05) is 0 Å². The van der Waals surface area contributed by atoms with Crippen LogP contribution in [0.25, 0.3) is 0 Å². The molecule has 0 spiro atoms. The Bertz CT molecular complexity index is 445. The number of carbonyl (C=O) groups excluding carboxylic acids is 1. The van der Waals surface area contributed by atoms with Gasteiger partial charge in [-0.2, -0.15) is 10.4 Å². The topological polar surface area (TPSA) is 65.6 Å². The lowest BCUT2D eigenvalue weighted by Crippen LogP contribution is -2.09. The van der Waals surface area contributed by atoms with Crippen LogP contribution in [0.1, 0.15) is 28.4 Å². The molecule has 0 saturated carbocycles. The van der Waals surface area contributed by atoms with Gasteiger partial charge in [0.2, 0.25) is 0 Å². The van der Waals surface area contributed by atoms with E-state index < -0.39 is 0 Å². The first-order chi connectivity index (χ1) is 6.83. The zero-order valence-corrected chi connectivity index (χ0v) is 7.34. The summed E-state index contributed by atoms with van der Waals surface area (Å²) in [6, 6.07) is 8.88. The third kappa shape index (κ3) is 1.29. The molecule has 1 amide bonds. The van der Waals surface area contributed by atoms with E-state index in [4.69, 9.17) is 5.26 Å². The summed E-state index contributed by atoms with van der Waals surface area (Å²) in [5.74, 6) is -0.324. The van der Waals surface area contributed by atoms with Crippen molar-refractivity contribution >= 4 is 5.91 Å². The molecular weight excluding hydrogens is 178 g/mol. The number of azo groups is 1. The molecule has 1 aromatic carbocycles. The molecule has 1 aliphatic rings. The summed E-state index contributed by atoms with van der Waals surface area (Å²) in [5.41, 5.74) is 1.36. The van der Waals surface area contributed by atoms with Crippen molar-refractivity contribution < 1.29 is 4.79 Å². The van der Waals surface area contributed by atoms with Crippen LogP contribution in [-0.4, -0.2) is 5.91 Å². The monoisotopic (exact) mass is 185 g/mol. The second-order valence-electron chi connectivity index (χ2n) is 2.99. The summed E-state index contributed by atoms with van der Waals surface area (Å²) in [6.45, 7) is 0. The summed E-state index contributed by atoms with van der Waals surface area (Å²) in [7, 11) is 0. The second kappa shape index (κ2) is 3.38. The average Bonchev–Trinajstić information content (AvgIpc) is 2.23. The molecule has 0 N–H and O–H groups in total. The Labute approximate surface area is 80.9 Å². The van der Waals surface area contributed by atoms with Crippen LogP contribution in [0.15, 0.2) is 34.5 Å². The second-order valence-corrected chi connectivity index (χ2v) is 2.99. The summed E-state index contributed by atoms with van der Waals surface area (Å²) in [5, 5.41) is 15.9. The number of nitrogens with zero attached hydrogens (tertiary/aromatic N) is 3. The van der Waals surface area contributed by atoms with Crippen LogP contribution >= 0.6 is 0 Å². The van der Waals surface area contributed by atoms with Crippen LogP contribution in [0.4, 0.5) is 0 Å². The molecule has 0 saturated heterocycles. The highest BCUT2D eigenvalue weighted by molar-refractivity contribution is 5.96. The Morgan fingerprint density at radius 2 is 2.21 bits per heavy atom. The van der Waals surface area contributed by atoms with Crippen molar-refractivity contribution in [3.8, 4) is 6.07 Å². The van der Waals surface area contributed by atoms with E-state index in [1.807, 2.05) is 18.2 Å². The minimum atomic E-state index is -0.324. The summed E-state index contributed by atoms with van der Waals surface area (Å²) < 4.78 is 0. The number of benzene rings is 1. The van der Waals surface area contributed by atoms with E-state index in [0.717, 1.165) is 5.56 Å². The number of carbonyl (C=O) groups is 1. The summed E-state index contributed by atoms with van der Waals surface area (Å²) in [6.07, 6.45) is 0.258. The first-order valence-electron chi connectivity index (χ1n) is 4.24. The van der Waals surface area contributed by atoms with Crippen LogP contribution in [0.3, 0.4) is 0 Å². The van der Waals surface area contributed by atoms with E-state index >= 15 is 0 Å². The van der Waals surface area contributed by atoms with E-state index in [0.29, 0.717) is 5.56 Å². The van der Waals surface area contributed by atoms with Crippen LogP contribution < -0.4 is 0 Å². The molecule has 1 aliphatic heterocycles. The number of fused-ring (bicyclic) bond motifs is 1. The van der Waals surface area contributed by atoms with Gasteiger partial charge in [0, 0.05) is 5.56 Å². The minimum absolute atomic E-state index is 0.258. The Morgan fingerprint density at radius 3 is 3.00 bits per heavy atom. The van der Waals surface area contributed by atoms with Gasteiger partial charge in [0.1, 0.15) is 6.04 Å². The zero-order valence-electron chi connectivity index (χ0n) is 7.34. The Balaban J connectivity index is 2.48. The lowest BCUT2D eigenvalue weighted by molar-refractivity contribution is 0.0985.